The molecule has 0 atom stereocenters. The molecule has 34 heavy (non-hydrogen) atoms. The third kappa shape index (κ3) is 4.57. The van der Waals surface area contributed by atoms with Crippen molar-refractivity contribution in [2.75, 3.05) is 37.7 Å². The average molecular weight is 453 g/mol. The molecule has 6 heteroatoms. The first-order valence-electron chi connectivity index (χ1n) is 11.6. The van der Waals surface area contributed by atoms with E-state index in [-0.39, 0.29) is 12.5 Å². The van der Waals surface area contributed by atoms with Crippen molar-refractivity contribution in [3.05, 3.63) is 83.9 Å². The molecule has 0 N–H and O–H groups in total. The van der Waals surface area contributed by atoms with Crippen LogP contribution in [0.2, 0.25) is 0 Å². The van der Waals surface area contributed by atoms with Crippen molar-refractivity contribution in [2.45, 2.75) is 13.8 Å². The first-order chi connectivity index (χ1) is 16.6. The van der Waals surface area contributed by atoms with Crippen molar-refractivity contribution in [3.8, 4) is 17.0 Å². The highest BCUT2D eigenvalue weighted by molar-refractivity contribution is 5.88. The number of carbonyl (C=O) groups excluding carboxylic acids is 1. The largest absolute Gasteiger partial charge is 0.483 e. The van der Waals surface area contributed by atoms with E-state index < -0.39 is 0 Å². The molecular formula is C28H28N4O2. The first-order valence-corrected chi connectivity index (χ1v) is 11.6. The minimum absolute atomic E-state index is 0.00348. The zero-order valence-corrected chi connectivity index (χ0v) is 19.6. The Morgan fingerprint density at radius 3 is 2.41 bits per heavy atom. The maximum absolute atomic E-state index is 12.8. The van der Waals surface area contributed by atoms with Gasteiger partial charge < -0.3 is 14.5 Å². The maximum Gasteiger partial charge on any atom is 0.260 e. The van der Waals surface area contributed by atoms with E-state index in [4.69, 9.17) is 4.74 Å². The number of aromatic nitrogens is 2. The summed E-state index contributed by atoms with van der Waals surface area (Å²) in [6.45, 7) is 6.97. The van der Waals surface area contributed by atoms with Crippen LogP contribution in [0.15, 0.2) is 72.8 Å². The fourth-order valence-electron chi connectivity index (χ4n) is 4.29. The van der Waals surface area contributed by atoms with E-state index in [2.05, 4.69) is 47.1 Å². The lowest BCUT2D eigenvalue weighted by Gasteiger charge is -2.35. The molecule has 0 radical (unpaired) electrons. The van der Waals surface area contributed by atoms with Gasteiger partial charge >= 0.3 is 0 Å². The van der Waals surface area contributed by atoms with Crippen molar-refractivity contribution >= 4 is 22.5 Å². The Morgan fingerprint density at radius 2 is 1.65 bits per heavy atom. The van der Waals surface area contributed by atoms with E-state index in [1.165, 1.54) is 11.1 Å². The Morgan fingerprint density at radius 1 is 0.853 bits per heavy atom. The number of benzene rings is 3. The van der Waals surface area contributed by atoms with Crippen molar-refractivity contribution in [1.29, 1.82) is 0 Å². The standard InChI is InChI=1S/C28H28N4O2/c1-20-10-11-23(18-21(20)2)25-12-13-27(30-29-25)31-14-16-32(17-15-31)28(33)19-34-26-9-5-7-22-6-3-4-8-24(22)26/h3-13,18H,14-17,19H2,1-2H3. The van der Waals surface area contributed by atoms with Crippen molar-refractivity contribution in [1.82, 2.24) is 15.1 Å². The second-order valence-corrected chi connectivity index (χ2v) is 8.71. The summed E-state index contributed by atoms with van der Waals surface area (Å²) < 4.78 is 5.89. The fraction of sp³-hybridized carbons (Fsp3) is 0.250. The van der Waals surface area contributed by atoms with Gasteiger partial charge in [-0.15, -0.1) is 10.2 Å². The predicted octanol–water partition coefficient (Wildman–Crippen LogP) is 4.64. The van der Waals surface area contributed by atoms with Gasteiger partial charge in [-0.25, -0.2) is 0 Å². The number of nitrogens with zero attached hydrogens (tertiary/aromatic N) is 4. The molecule has 5 rings (SSSR count). The lowest BCUT2D eigenvalue weighted by atomic mass is 10.0. The summed E-state index contributed by atoms with van der Waals surface area (Å²) in [4.78, 5) is 16.8. The Kier molecular flexibility index (Phi) is 6.12. The number of hydrogen-bond acceptors (Lipinski definition) is 5. The lowest BCUT2D eigenvalue weighted by Crippen LogP contribution is -2.50. The van der Waals surface area contributed by atoms with Crippen LogP contribution in [0, 0.1) is 13.8 Å². The molecule has 3 aromatic carbocycles. The second-order valence-electron chi connectivity index (χ2n) is 8.71. The quantitative estimate of drug-likeness (QED) is 0.442. The van der Waals surface area contributed by atoms with Gasteiger partial charge in [-0.1, -0.05) is 48.5 Å². The molecule has 1 aromatic heterocycles. The Bertz CT molecular complexity index is 1310. The van der Waals surface area contributed by atoms with Gasteiger partial charge in [-0.3, -0.25) is 4.79 Å². The molecule has 1 aliphatic rings. The minimum Gasteiger partial charge on any atom is -0.483 e. The zero-order valence-electron chi connectivity index (χ0n) is 19.6. The second kappa shape index (κ2) is 9.51. The lowest BCUT2D eigenvalue weighted by molar-refractivity contribution is -0.133. The van der Waals surface area contributed by atoms with Crippen molar-refractivity contribution in [3.63, 3.8) is 0 Å². The molecule has 0 spiro atoms. The summed E-state index contributed by atoms with van der Waals surface area (Å²) >= 11 is 0. The van der Waals surface area contributed by atoms with Crippen LogP contribution in [-0.4, -0.2) is 53.8 Å². The average Bonchev–Trinajstić information content (AvgIpc) is 2.89. The summed E-state index contributed by atoms with van der Waals surface area (Å²) in [6, 6.07) is 24.3. The number of amides is 1. The van der Waals surface area contributed by atoms with E-state index in [0.717, 1.165) is 46.7 Å². The van der Waals surface area contributed by atoms with Gasteiger partial charge in [0, 0.05) is 37.1 Å². The van der Waals surface area contributed by atoms with Crippen LogP contribution >= 0.6 is 0 Å². The molecule has 1 saturated heterocycles. The minimum atomic E-state index is 0.00348. The topological polar surface area (TPSA) is 58.6 Å². The molecule has 2 heterocycles. The van der Waals surface area contributed by atoms with Gasteiger partial charge in [0.15, 0.2) is 12.4 Å². The number of aryl methyl sites for hydroxylation is 2. The first kappa shape index (κ1) is 21.9. The molecule has 172 valence electrons. The molecule has 0 bridgehead atoms. The summed E-state index contributed by atoms with van der Waals surface area (Å²) in [7, 11) is 0. The number of carbonyl (C=O) groups is 1. The number of hydrogen-bond donors (Lipinski definition) is 0. The number of anilines is 1. The van der Waals surface area contributed by atoms with Crippen molar-refractivity contribution < 1.29 is 9.53 Å². The number of rotatable bonds is 5. The maximum atomic E-state index is 12.8. The van der Waals surface area contributed by atoms with Crippen LogP contribution in [0.3, 0.4) is 0 Å². The van der Waals surface area contributed by atoms with Crippen LogP contribution < -0.4 is 9.64 Å². The van der Waals surface area contributed by atoms with Gasteiger partial charge in [-0.2, -0.15) is 0 Å². The van der Waals surface area contributed by atoms with Crippen LogP contribution in [0.25, 0.3) is 22.0 Å². The highest BCUT2D eigenvalue weighted by Crippen LogP contribution is 2.25. The molecule has 6 nitrogen and oxygen atoms in total. The van der Waals surface area contributed by atoms with E-state index in [9.17, 15) is 4.79 Å². The Labute approximate surface area is 199 Å². The van der Waals surface area contributed by atoms with Crippen LogP contribution in [0.1, 0.15) is 11.1 Å². The predicted molar refractivity (Wildman–Crippen MR) is 135 cm³/mol. The molecule has 0 saturated carbocycles. The van der Waals surface area contributed by atoms with E-state index in [1.54, 1.807) is 0 Å². The molecule has 1 fully saturated rings. The van der Waals surface area contributed by atoms with E-state index in [0.29, 0.717) is 13.1 Å². The molecule has 1 aliphatic heterocycles. The molecule has 1 amide bonds. The van der Waals surface area contributed by atoms with Gasteiger partial charge in [0.2, 0.25) is 0 Å². The molecule has 4 aromatic rings. The summed E-state index contributed by atoms with van der Waals surface area (Å²) in [5.41, 5.74) is 4.45. The van der Waals surface area contributed by atoms with Gasteiger partial charge in [0.05, 0.1) is 5.69 Å². The monoisotopic (exact) mass is 452 g/mol. The van der Waals surface area contributed by atoms with Gasteiger partial charge in [0.1, 0.15) is 5.75 Å². The number of ether oxygens (including phenoxy) is 1. The van der Waals surface area contributed by atoms with Gasteiger partial charge in [-0.05, 0) is 54.6 Å². The van der Waals surface area contributed by atoms with E-state index >= 15 is 0 Å². The third-order valence-electron chi connectivity index (χ3n) is 6.51. The Balaban J connectivity index is 1.16. The summed E-state index contributed by atoms with van der Waals surface area (Å²) in [6.07, 6.45) is 0. The van der Waals surface area contributed by atoms with Crippen molar-refractivity contribution in [2.24, 2.45) is 0 Å². The Hall–Kier alpha value is -3.93. The summed E-state index contributed by atoms with van der Waals surface area (Å²) in [5, 5.41) is 11.0. The number of fused-ring (bicyclic) bond motifs is 1. The van der Waals surface area contributed by atoms with Crippen LogP contribution in [0.4, 0.5) is 5.82 Å². The molecule has 0 unspecified atom stereocenters. The third-order valence-corrected chi connectivity index (χ3v) is 6.51. The highest BCUT2D eigenvalue weighted by atomic mass is 16.5. The van der Waals surface area contributed by atoms with Crippen LogP contribution in [0.5, 0.6) is 5.75 Å². The van der Waals surface area contributed by atoms with Gasteiger partial charge in [0.25, 0.3) is 5.91 Å². The van der Waals surface area contributed by atoms with Crippen LogP contribution in [-0.2, 0) is 4.79 Å². The summed E-state index contributed by atoms with van der Waals surface area (Å²) in [5.74, 6) is 1.58. The number of piperazine rings is 1. The normalized spacial score (nSPS) is 13.8. The fourth-order valence-corrected chi connectivity index (χ4v) is 4.29. The smallest absolute Gasteiger partial charge is 0.260 e. The SMILES string of the molecule is Cc1ccc(-c2ccc(N3CCN(C(=O)COc4cccc5ccccc45)CC3)nn2)cc1C. The zero-order chi connectivity index (χ0) is 23.5. The van der Waals surface area contributed by atoms with E-state index in [1.807, 2.05) is 59.5 Å². The molecular weight excluding hydrogens is 424 g/mol. The molecule has 0 aliphatic carbocycles. The highest BCUT2D eigenvalue weighted by Gasteiger charge is 2.22.